The first-order chi connectivity index (χ1) is 12.4. The van der Waals surface area contributed by atoms with Crippen molar-refractivity contribution in [3.63, 3.8) is 0 Å². The molecule has 1 aliphatic rings. The number of nitrogens with zero attached hydrogens (tertiary/aromatic N) is 2. The topological polar surface area (TPSA) is 77.0 Å². The molecule has 1 atom stereocenters. The molecule has 1 unspecified atom stereocenters. The molecule has 1 fully saturated rings. The highest BCUT2D eigenvalue weighted by Crippen LogP contribution is 2.20. The summed E-state index contributed by atoms with van der Waals surface area (Å²) in [7, 11) is 0. The summed E-state index contributed by atoms with van der Waals surface area (Å²) in [5.74, 6) is 1.50. The molecule has 6 nitrogen and oxygen atoms in total. The number of carbonyl (C=O) groups excluding carboxylic acids is 1. The zero-order chi connectivity index (χ0) is 19.4. The van der Waals surface area contributed by atoms with Crippen LogP contribution in [0, 0.1) is 5.92 Å². The van der Waals surface area contributed by atoms with Gasteiger partial charge in [-0.25, -0.2) is 0 Å². The lowest BCUT2D eigenvalue weighted by Gasteiger charge is -2.31. The molecule has 1 heterocycles. The number of nitrogens with one attached hydrogen (secondary N) is 2. The first kappa shape index (κ1) is 22.7. The maximum absolute atomic E-state index is 12.4. The monoisotopic (exact) mass is 368 g/mol. The van der Waals surface area contributed by atoms with Crippen LogP contribution in [0.25, 0.3) is 0 Å². The number of carbonyl (C=O) groups is 1. The minimum Gasteiger partial charge on any atom is -0.388 e. The van der Waals surface area contributed by atoms with Crippen molar-refractivity contribution in [1.29, 1.82) is 0 Å². The molecule has 0 aromatic heterocycles. The Hall–Kier alpha value is -1.30. The van der Waals surface area contributed by atoms with Crippen molar-refractivity contribution in [3.8, 4) is 0 Å². The summed E-state index contributed by atoms with van der Waals surface area (Å²) in [6, 6.07) is 0. The van der Waals surface area contributed by atoms with Gasteiger partial charge in [0.15, 0.2) is 5.96 Å². The van der Waals surface area contributed by atoms with E-state index in [0.29, 0.717) is 31.4 Å². The molecule has 0 saturated carbocycles. The van der Waals surface area contributed by atoms with Crippen molar-refractivity contribution in [2.45, 2.75) is 78.2 Å². The third-order valence-electron chi connectivity index (χ3n) is 4.95. The highest BCUT2D eigenvalue weighted by Gasteiger charge is 2.24. The first-order valence-corrected chi connectivity index (χ1v) is 10.5. The van der Waals surface area contributed by atoms with Gasteiger partial charge in [0.05, 0.1) is 12.1 Å². The van der Waals surface area contributed by atoms with Gasteiger partial charge in [-0.15, -0.1) is 0 Å². The molecular formula is C20H40N4O2. The van der Waals surface area contributed by atoms with Crippen molar-refractivity contribution in [2.75, 3.05) is 32.7 Å². The van der Waals surface area contributed by atoms with E-state index in [1.54, 1.807) is 0 Å². The Balaban J connectivity index is 2.49. The van der Waals surface area contributed by atoms with Crippen LogP contribution < -0.4 is 10.6 Å². The Morgan fingerprint density at radius 3 is 2.50 bits per heavy atom. The quantitative estimate of drug-likeness (QED) is 0.409. The second-order valence-electron chi connectivity index (χ2n) is 7.68. The van der Waals surface area contributed by atoms with Crippen LogP contribution in [0.5, 0.6) is 0 Å². The summed E-state index contributed by atoms with van der Waals surface area (Å²) in [5.41, 5.74) is -0.731. The van der Waals surface area contributed by atoms with E-state index in [2.05, 4.69) is 36.4 Å². The Morgan fingerprint density at radius 2 is 1.92 bits per heavy atom. The Bertz CT molecular complexity index is 434. The Morgan fingerprint density at radius 1 is 1.23 bits per heavy atom. The molecule has 0 aromatic carbocycles. The van der Waals surface area contributed by atoms with E-state index in [0.717, 1.165) is 51.7 Å². The van der Waals surface area contributed by atoms with Gasteiger partial charge in [-0.1, -0.05) is 33.6 Å². The zero-order valence-electron chi connectivity index (χ0n) is 17.3. The second-order valence-corrected chi connectivity index (χ2v) is 7.68. The summed E-state index contributed by atoms with van der Waals surface area (Å²) in [4.78, 5) is 18.9. The number of hydrogen-bond donors (Lipinski definition) is 3. The van der Waals surface area contributed by atoms with Crippen LogP contribution in [0.1, 0.15) is 72.6 Å². The number of piperidine rings is 1. The molecule has 0 bridgehead atoms. The third kappa shape index (κ3) is 8.39. The molecule has 0 spiro atoms. The average Bonchev–Trinajstić information content (AvgIpc) is 2.60. The number of amides is 1. The standard InChI is InChI=1S/C20H40N4O2/c1-5-11-20(26,12-6-2)16-23-19(21-7-3)22-13-10-18(25)24-14-8-9-17(4)15-24/h17,26H,5-16H2,1-4H3,(H2,21,22,23). The van der Waals surface area contributed by atoms with Gasteiger partial charge < -0.3 is 20.6 Å². The molecule has 152 valence electrons. The fourth-order valence-corrected chi connectivity index (χ4v) is 3.64. The smallest absolute Gasteiger partial charge is 0.224 e. The lowest BCUT2D eigenvalue weighted by molar-refractivity contribution is -0.132. The van der Waals surface area contributed by atoms with Crippen LogP contribution in [-0.4, -0.2) is 60.2 Å². The van der Waals surface area contributed by atoms with E-state index in [4.69, 9.17) is 0 Å². The largest absolute Gasteiger partial charge is 0.388 e. The summed E-state index contributed by atoms with van der Waals surface area (Å²) < 4.78 is 0. The van der Waals surface area contributed by atoms with Crippen molar-refractivity contribution < 1.29 is 9.90 Å². The maximum atomic E-state index is 12.4. The highest BCUT2D eigenvalue weighted by molar-refractivity contribution is 5.81. The average molecular weight is 369 g/mol. The predicted molar refractivity (Wildman–Crippen MR) is 108 cm³/mol. The summed E-state index contributed by atoms with van der Waals surface area (Å²) in [6.45, 7) is 11.9. The fraction of sp³-hybridized carbons (Fsp3) is 0.900. The molecule has 1 aliphatic heterocycles. The molecule has 3 N–H and O–H groups in total. The lowest BCUT2D eigenvalue weighted by Crippen LogP contribution is -2.43. The van der Waals surface area contributed by atoms with Crippen LogP contribution in [0.15, 0.2) is 4.99 Å². The lowest BCUT2D eigenvalue weighted by atomic mass is 9.93. The van der Waals surface area contributed by atoms with Gasteiger partial charge in [-0.05, 0) is 38.5 Å². The number of aliphatic imine (C=N–C) groups is 1. The molecule has 26 heavy (non-hydrogen) atoms. The number of aliphatic hydroxyl groups is 1. The second kappa shape index (κ2) is 12.2. The van der Waals surface area contributed by atoms with Gasteiger partial charge in [0.25, 0.3) is 0 Å². The van der Waals surface area contributed by atoms with Crippen molar-refractivity contribution in [1.82, 2.24) is 15.5 Å². The molecule has 1 amide bonds. The van der Waals surface area contributed by atoms with Gasteiger partial charge >= 0.3 is 0 Å². The number of likely N-dealkylation sites (tertiary alicyclic amines) is 1. The van der Waals surface area contributed by atoms with Gasteiger partial charge in [0, 0.05) is 32.6 Å². The molecule has 0 aliphatic carbocycles. The normalized spacial score (nSPS) is 18.7. The Kier molecular flexibility index (Phi) is 10.6. The number of guanidine groups is 1. The van der Waals surface area contributed by atoms with Gasteiger partial charge in [-0.3, -0.25) is 9.79 Å². The fourth-order valence-electron chi connectivity index (χ4n) is 3.64. The molecule has 1 rings (SSSR count). The van der Waals surface area contributed by atoms with Crippen LogP contribution in [0.4, 0.5) is 0 Å². The van der Waals surface area contributed by atoms with E-state index in [1.165, 1.54) is 6.42 Å². The van der Waals surface area contributed by atoms with Crippen LogP contribution >= 0.6 is 0 Å². The minimum absolute atomic E-state index is 0.216. The summed E-state index contributed by atoms with van der Waals surface area (Å²) >= 11 is 0. The third-order valence-corrected chi connectivity index (χ3v) is 4.95. The molecule has 1 saturated heterocycles. The summed E-state index contributed by atoms with van der Waals surface area (Å²) in [6.07, 6.45) is 6.21. The van der Waals surface area contributed by atoms with Crippen LogP contribution in [-0.2, 0) is 4.79 Å². The van der Waals surface area contributed by atoms with E-state index >= 15 is 0 Å². The predicted octanol–water partition coefficient (Wildman–Crippen LogP) is 2.52. The van der Waals surface area contributed by atoms with Crippen LogP contribution in [0.3, 0.4) is 0 Å². The molecule has 0 aromatic rings. The highest BCUT2D eigenvalue weighted by atomic mass is 16.3. The summed E-state index contributed by atoms with van der Waals surface area (Å²) in [5, 5.41) is 17.2. The van der Waals surface area contributed by atoms with E-state index < -0.39 is 5.60 Å². The van der Waals surface area contributed by atoms with E-state index in [9.17, 15) is 9.90 Å². The van der Waals surface area contributed by atoms with Gasteiger partial charge in [-0.2, -0.15) is 0 Å². The minimum atomic E-state index is -0.731. The Labute approximate surface area is 159 Å². The number of rotatable bonds is 10. The van der Waals surface area contributed by atoms with Crippen LogP contribution in [0.2, 0.25) is 0 Å². The van der Waals surface area contributed by atoms with E-state index in [-0.39, 0.29) is 5.91 Å². The maximum Gasteiger partial charge on any atom is 0.224 e. The molecule has 0 radical (unpaired) electrons. The van der Waals surface area contributed by atoms with Crippen molar-refractivity contribution in [3.05, 3.63) is 0 Å². The van der Waals surface area contributed by atoms with Crippen molar-refractivity contribution >= 4 is 11.9 Å². The van der Waals surface area contributed by atoms with Crippen molar-refractivity contribution in [2.24, 2.45) is 10.9 Å². The van der Waals surface area contributed by atoms with E-state index in [1.807, 2.05) is 11.8 Å². The number of hydrogen-bond acceptors (Lipinski definition) is 3. The van der Waals surface area contributed by atoms with Gasteiger partial charge in [0.2, 0.25) is 5.91 Å². The zero-order valence-corrected chi connectivity index (χ0v) is 17.3. The molecular weight excluding hydrogens is 328 g/mol. The SMILES string of the molecule is CCCC(O)(CCC)CN=C(NCC)NCCC(=O)N1CCCC(C)C1. The van der Waals surface area contributed by atoms with Gasteiger partial charge in [0.1, 0.15) is 0 Å². The molecule has 6 heteroatoms. The first-order valence-electron chi connectivity index (χ1n) is 10.5.